The van der Waals surface area contributed by atoms with Gasteiger partial charge in [0, 0.05) is 23.7 Å². The molecule has 1 aromatic heterocycles. The molecule has 1 aliphatic rings. The number of nitrogens with zero attached hydrogens (tertiary/aromatic N) is 2. The van der Waals surface area contributed by atoms with Crippen LogP contribution in [0.5, 0.6) is 5.75 Å². The van der Waals surface area contributed by atoms with Gasteiger partial charge in [0.25, 0.3) is 0 Å². The molecule has 0 radical (unpaired) electrons. The Bertz CT molecular complexity index is 1210. The Morgan fingerprint density at radius 2 is 1.85 bits per heavy atom. The standard InChI is InChI=1S/C27H28N4O2/c1-33-23-6-4-5-19(17-23)18-31-15-13-21(14-16-31)27(32)28-22-11-9-20(10-12-22)26-29-24-7-2-3-8-25(24)30-26/h2-12,17,21H,13-16,18H2,1H3,(H,28,32)(H,29,30). The number of rotatable bonds is 6. The summed E-state index contributed by atoms with van der Waals surface area (Å²) in [5.41, 5.74) is 5.01. The number of anilines is 1. The molecule has 0 bridgehead atoms. The van der Waals surface area contributed by atoms with Gasteiger partial charge in [0.15, 0.2) is 0 Å². The van der Waals surface area contributed by atoms with E-state index in [1.165, 1.54) is 5.56 Å². The third-order valence-electron chi connectivity index (χ3n) is 6.31. The number of likely N-dealkylation sites (tertiary alicyclic amines) is 1. The number of aromatic amines is 1. The highest BCUT2D eigenvalue weighted by Crippen LogP contribution is 2.24. The zero-order valence-corrected chi connectivity index (χ0v) is 18.8. The second-order valence-corrected chi connectivity index (χ2v) is 8.57. The number of benzene rings is 3. The van der Waals surface area contributed by atoms with Crippen molar-refractivity contribution in [2.75, 3.05) is 25.5 Å². The van der Waals surface area contributed by atoms with Gasteiger partial charge in [-0.2, -0.15) is 0 Å². The molecule has 0 spiro atoms. The van der Waals surface area contributed by atoms with Crippen LogP contribution >= 0.6 is 0 Å². The van der Waals surface area contributed by atoms with Crippen LogP contribution in [0.1, 0.15) is 18.4 Å². The van der Waals surface area contributed by atoms with Gasteiger partial charge >= 0.3 is 0 Å². The van der Waals surface area contributed by atoms with Gasteiger partial charge in [-0.25, -0.2) is 4.98 Å². The number of imidazole rings is 1. The summed E-state index contributed by atoms with van der Waals surface area (Å²) in [6.45, 7) is 2.72. The molecule has 6 heteroatoms. The first-order valence-corrected chi connectivity index (χ1v) is 11.4. The molecule has 1 saturated heterocycles. The van der Waals surface area contributed by atoms with Crippen molar-refractivity contribution in [1.82, 2.24) is 14.9 Å². The van der Waals surface area contributed by atoms with E-state index in [-0.39, 0.29) is 11.8 Å². The molecule has 3 aromatic carbocycles. The molecule has 1 fully saturated rings. The number of H-pyrrole nitrogens is 1. The summed E-state index contributed by atoms with van der Waals surface area (Å²) in [7, 11) is 1.69. The molecule has 4 aromatic rings. The first-order chi connectivity index (χ1) is 16.2. The fourth-order valence-corrected chi connectivity index (χ4v) is 4.43. The van der Waals surface area contributed by atoms with Crippen LogP contribution in [0.2, 0.25) is 0 Å². The minimum Gasteiger partial charge on any atom is -0.497 e. The van der Waals surface area contributed by atoms with Gasteiger partial charge in [-0.3, -0.25) is 9.69 Å². The van der Waals surface area contributed by atoms with Crippen LogP contribution < -0.4 is 10.1 Å². The minimum atomic E-state index is 0.0432. The van der Waals surface area contributed by atoms with Crippen molar-refractivity contribution in [3.8, 4) is 17.1 Å². The summed E-state index contributed by atoms with van der Waals surface area (Å²) < 4.78 is 5.32. The molecule has 0 saturated carbocycles. The SMILES string of the molecule is COc1cccc(CN2CCC(C(=O)Nc3ccc(-c4nc5ccccc5[nH]4)cc3)CC2)c1. The van der Waals surface area contributed by atoms with E-state index in [9.17, 15) is 4.79 Å². The van der Waals surface area contributed by atoms with E-state index in [2.05, 4.69) is 32.3 Å². The van der Waals surface area contributed by atoms with Crippen molar-refractivity contribution in [3.05, 3.63) is 78.4 Å². The van der Waals surface area contributed by atoms with Crippen LogP contribution in [0.25, 0.3) is 22.4 Å². The van der Waals surface area contributed by atoms with Crippen molar-refractivity contribution in [2.45, 2.75) is 19.4 Å². The van der Waals surface area contributed by atoms with Gasteiger partial charge in [-0.15, -0.1) is 0 Å². The molecule has 6 nitrogen and oxygen atoms in total. The van der Waals surface area contributed by atoms with Crippen LogP contribution in [0.4, 0.5) is 5.69 Å². The fraction of sp³-hybridized carbons (Fsp3) is 0.259. The highest BCUT2D eigenvalue weighted by atomic mass is 16.5. The molecule has 168 valence electrons. The smallest absolute Gasteiger partial charge is 0.227 e. The third kappa shape index (κ3) is 4.91. The molecule has 0 atom stereocenters. The Balaban J connectivity index is 1.15. The minimum absolute atomic E-state index is 0.0432. The van der Waals surface area contributed by atoms with E-state index in [0.717, 1.165) is 66.3 Å². The number of fused-ring (bicyclic) bond motifs is 1. The molecule has 2 N–H and O–H groups in total. The molecular weight excluding hydrogens is 412 g/mol. The van der Waals surface area contributed by atoms with Gasteiger partial charge in [0.2, 0.25) is 5.91 Å². The average molecular weight is 441 g/mol. The summed E-state index contributed by atoms with van der Waals surface area (Å²) >= 11 is 0. The predicted octanol–water partition coefficient (Wildman–Crippen LogP) is 5.09. The molecule has 0 aliphatic carbocycles. The number of carbonyl (C=O) groups is 1. The van der Waals surface area contributed by atoms with E-state index in [1.54, 1.807) is 7.11 Å². The van der Waals surface area contributed by atoms with Crippen molar-refractivity contribution in [3.63, 3.8) is 0 Å². The number of ether oxygens (including phenoxy) is 1. The number of amides is 1. The van der Waals surface area contributed by atoms with Crippen LogP contribution in [0.15, 0.2) is 72.8 Å². The van der Waals surface area contributed by atoms with Gasteiger partial charge in [0.05, 0.1) is 18.1 Å². The maximum Gasteiger partial charge on any atom is 0.227 e. The lowest BCUT2D eigenvalue weighted by molar-refractivity contribution is -0.121. The Morgan fingerprint density at radius 1 is 1.06 bits per heavy atom. The summed E-state index contributed by atoms with van der Waals surface area (Å²) in [5, 5.41) is 3.09. The number of piperidine rings is 1. The Labute approximate surface area is 193 Å². The summed E-state index contributed by atoms with van der Waals surface area (Å²) in [4.78, 5) is 23.2. The van der Waals surface area contributed by atoms with Crippen LogP contribution in [-0.4, -0.2) is 41.0 Å². The van der Waals surface area contributed by atoms with Crippen LogP contribution in [-0.2, 0) is 11.3 Å². The Hall–Kier alpha value is -3.64. The molecule has 0 unspecified atom stereocenters. The number of aromatic nitrogens is 2. The van der Waals surface area contributed by atoms with E-state index < -0.39 is 0 Å². The normalized spacial score (nSPS) is 14.9. The number of nitrogens with one attached hydrogen (secondary N) is 2. The zero-order valence-electron chi connectivity index (χ0n) is 18.8. The van der Waals surface area contributed by atoms with Crippen molar-refractivity contribution < 1.29 is 9.53 Å². The molecule has 1 aliphatic heterocycles. The maximum absolute atomic E-state index is 12.8. The molecule has 33 heavy (non-hydrogen) atoms. The molecule has 5 rings (SSSR count). The second kappa shape index (κ2) is 9.46. The van der Waals surface area contributed by atoms with Gasteiger partial charge < -0.3 is 15.0 Å². The van der Waals surface area contributed by atoms with Gasteiger partial charge in [0.1, 0.15) is 11.6 Å². The number of para-hydroxylation sites is 2. The fourth-order valence-electron chi connectivity index (χ4n) is 4.43. The van der Waals surface area contributed by atoms with Crippen molar-refractivity contribution >= 4 is 22.6 Å². The molecular formula is C27H28N4O2. The average Bonchev–Trinajstić information content (AvgIpc) is 3.29. The Kier molecular flexibility index (Phi) is 6.09. The maximum atomic E-state index is 12.8. The summed E-state index contributed by atoms with van der Waals surface area (Å²) in [6.07, 6.45) is 1.74. The third-order valence-corrected chi connectivity index (χ3v) is 6.31. The van der Waals surface area contributed by atoms with E-state index in [4.69, 9.17) is 4.74 Å². The first-order valence-electron chi connectivity index (χ1n) is 11.4. The number of carbonyl (C=O) groups excluding carboxylic acids is 1. The zero-order chi connectivity index (χ0) is 22.6. The van der Waals surface area contributed by atoms with Gasteiger partial charge in [-0.1, -0.05) is 24.3 Å². The lowest BCUT2D eigenvalue weighted by atomic mass is 9.95. The van der Waals surface area contributed by atoms with Crippen LogP contribution in [0.3, 0.4) is 0 Å². The molecule has 2 heterocycles. The number of hydrogen-bond acceptors (Lipinski definition) is 4. The quantitative estimate of drug-likeness (QED) is 0.438. The van der Waals surface area contributed by atoms with E-state index in [1.807, 2.05) is 60.7 Å². The van der Waals surface area contributed by atoms with Gasteiger partial charge in [-0.05, 0) is 80.0 Å². The lowest BCUT2D eigenvalue weighted by Crippen LogP contribution is -2.37. The van der Waals surface area contributed by atoms with Crippen LogP contribution in [0, 0.1) is 5.92 Å². The lowest BCUT2D eigenvalue weighted by Gasteiger charge is -2.31. The summed E-state index contributed by atoms with van der Waals surface area (Å²) in [5.74, 6) is 1.86. The number of methoxy groups -OCH3 is 1. The topological polar surface area (TPSA) is 70.2 Å². The second-order valence-electron chi connectivity index (χ2n) is 8.57. The Morgan fingerprint density at radius 3 is 2.61 bits per heavy atom. The van der Waals surface area contributed by atoms with Crippen molar-refractivity contribution in [1.29, 1.82) is 0 Å². The highest BCUT2D eigenvalue weighted by molar-refractivity contribution is 5.93. The monoisotopic (exact) mass is 440 g/mol. The van der Waals surface area contributed by atoms with Crippen molar-refractivity contribution in [2.24, 2.45) is 5.92 Å². The van der Waals surface area contributed by atoms with E-state index >= 15 is 0 Å². The molecule has 1 amide bonds. The first kappa shape index (κ1) is 21.2. The predicted molar refractivity (Wildman–Crippen MR) is 131 cm³/mol. The number of hydrogen-bond donors (Lipinski definition) is 2. The largest absolute Gasteiger partial charge is 0.497 e. The van der Waals surface area contributed by atoms with E-state index in [0.29, 0.717) is 0 Å². The highest BCUT2D eigenvalue weighted by Gasteiger charge is 2.25. The summed E-state index contributed by atoms with van der Waals surface area (Å²) in [6, 6.07) is 24.0.